The van der Waals surface area contributed by atoms with Crippen molar-refractivity contribution in [2.24, 2.45) is 5.92 Å². The second kappa shape index (κ2) is 28.9. The Balaban J connectivity index is 0. The van der Waals surface area contributed by atoms with Crippen LogP contribution >= 0.6 is 0 Å². The number of terminal acetylenes is 1. The van der Waals surface area contributed by atoms with Crippen LogP contribution in [0, 0.1) is 25.2 Å². The summed E-state index contributed by atoms with van der Waals surface area (Å²) in [6.45, 7) is 33.0. The van der Waals surface area contributed by atoms with Crippen molar-refractivity contribution in [1.82, 2.24) is 0 Å². The highest BCUT2D eigenvalue weighted by Gasteiger charge is 2.06. The predicted octanol–water partition coefficient (Wildman–Crippen LogP) is 15.2. The normalized spacial score (nSPS) is 12.1. The van der Waals surface area contributed by atoms with Gasteiger partial charge in [0.25, 0.3) is 0 Å². The third kappa shape index (κ3) is 20.5. The molecule has 1 fully saturated rings. The van der Waals surface area contributed by atoms with Crippen LogP contribution in [-0.4, -0.2) is 0 Å². The highest BCUT2D eigenvalue weighted by molar-refractivity contribution is 5.69. The van der Waals surface area contributed by atoms with Crippen LogP contribution in [0.2, 0.25) is 0 Å². The van der Waals surface area contributed by atoms with Crippen molar-refractivity contribution in [3.05, 3.63) is 113 Å². The van der Waals surface area contributed by atoms with Crippen LogP contribution in [-0.2, 0) is 12.8 Å². The first kappa shape index (κ1) is 45.8. The summed E-state index contributed by atoms with van der Waals surface area (Å²) >= 11 is 0. The Hall–Kier alpha value is -3.30. The van der Waals surface area contributed by atoms with Crippen molar-refractivity contribution in [3.63, 3.8) is 0 Å². The van der Waals surface area contributed by atoms with Crippen LogP contribution in [0.15, 0.2) is 85.5 Å². The maximum absolute atomic E-state index is 5.32. The Bertz CT molecular complexity index is 1260. The van der Waals surface area contributed by atoms with Gasteiger partial charge in [-0.05, 0) is 91.8 Å². The van der Waals surface area contributed by atoms with Gasteiger partial charge in [-0.25, -0.2) is 0 Å². The molecular weight excluding hydrogens is 565 g/mol. The molecule has 3 aromatic carbocycles. The van der Waals surface area contributed by atoms with Gasteiger partial charge in [-0.3, -0.25) is 0 Å². The molecule has 0 amide bonds. The van der Waals surface area contributed by atoms with Crippen LogP contribution in [0.3, 0.4) is 0 Å². The summed E-state index contributed by atoms with van der Waals surface area (Å²) < 4.78 is 0. The molecule has 0 aliphatic heterocycles. The van der Waals surface area contributed by atoms with Gasteiger partial charge >= 0.3 is 0 Å². The van der Waals surface area contributed by atoms with E-state index in [2.05, 4.69) is 122 Å². The molecule has 1 unspecified atom stereocenters. The average Bonchev–Trinajstić information content (AvgIpc) is 3.10. The number of aryl methyl sites for hydroxylation is 3. The van der Waals surface area contributed by atoms with E-state index in [1.54, 1.807) is 0 Å². The summed E-state index contributed by atoms with van der Waals surface area (Å²) in [5.41, 5.74) is 11.6. The molecule has 3 aromatic rings. The van der Waals surface area contributed by atoms with Crippen LogP contribution in [0.1, 0.15) is 155 Å². The molecule has 4 rings (SSSR count). The lowest BCUT2D eigenvalue weighted by molar-refractivity contribution is 0.385. The molecule has 0 saturated heterocycles. The summed E-state index contributed by atoms with van der Waals surface area (Å²) in [4.78, 5) is 0. The van der Waals surface area contributed by atoms with Gasteiger partial charge in [-0.2, -0.15) is 0 Å². The maximum atomic E-state index is 5.32. The molecule has 1 aliphatic rings. The van der Waals surface area contributed by atoms with Crippen molar-refractivity contribution < 1.29 is 0 Å². The first-order chi connectivity index (χ1) is 22.5. The van der Waals surface area contributed by atoms with Crippen LogP contribution < -0.4 is 0 Å². The molecule has 1 atom stereocenters. The van der Waals surface area contributed by atoms with E-state index in [9.17, 15) is 0 Å². The van der Waals surface area contributed by atoms with E-state index in [1.165, 1.54) is 83.0 Å². The first-order valence-corrected chi connectivity index (χ1v) is 18.5. The molecule has 0 heterocycles. The van der Waals surface area contributed by atoms with Gasteiger partial charge in [0, 0.05) is 5.92 Å². The number of hydrogen-bond acceptors (Lipinski definition) is 0. The molecule has 260 valence electrons. The summed E-state index contributed by atoms with van der Waals surface area (Å²) in [7, 11) is 0. The lowest BCUT2D eigenvalue weighted by Gasteiger charge is -2.15. The zero-order valence-electron chi connectivity index (χ0n) is 32.9. The summed E-state index contributed by atoms with van der Waals surface area (Å²) in [6.07, 6.45) is 17.3. The third-order valence-electron chi connectivity index (χ3n) is 8.08. The Morgan fingerprint density at radius 3 is 1.66 bits per heavy atom. The fourth-order valence-electron chi connectivity index (χ4n) is 4.90. The monoisotopic (exact) mass is 637 g/mol. The largest absolute Gasteiger partial charge is 0.119 e. The van der Waals surface area contributed by atoms with E-state index >= 15 is 0 Å². The number of benzene rings is 3. The molecule has 0 radical (unpaired) electrons. The van der Waals surface area contributed by atoms with Gasteiger partial charge in [0.1, 0.15) is 0 Å². The second-order valence-corrected chi connectivity index (χ2v) is 12.6. The highest BCUT2D eigenvalue weighted by Crippen LogP contribution is 2.25. The van der Waals surface area contributed by atoms with Gasteiger partial charge in [-0.15, -0.1) is 13.0 Å². The van der Waals surface area contributed by atoms with Gasteiger partial charge in [0.15, 0.2) is 0 Å². The maximum Gasteiger partial charge on any atom is 0.0424 e. The zero-order valence-corrected chi connectivity index (χ0v) is 32.9. The smallest absolute Gasteiger partial charge is 0.0424 e. The minimum Gasteiger partial charge on any atom is -0.119 e. The standard InChI is InChI=1S/C19H22.C11H12.C7H14.C5H10.C3H8.C2H6/c1-5-15-7-12-19(13-16(15)6-2)18-10-8-17(9-11-18)14(3)4;1-4-9(2)11-8-6-5-7-10(11)3;1-7-5-3-2-4-6-7;1-4-5(2)3;1-3-2;1-2/h7-13H,3,5-6H2,1-2,4H3;1,5-9H,2-3H3;7H,2-6H2,1H3;2,4H2,1,3H3;3H2,1-2H3;1-2H3. The average molecular weight is 637 g/mol. The summed E-state index contributed by atoms with van der Waals surface area (Å²) in [6, 6.07) is 23.7. The molecule has 47 heavy (non-hydrogen) atoms. The van der Waals surface area contributed by atoms with Gasteiger partial charge in [0.2, 0.25) is 0 Å². The van der Waals surface area contributed by atoms with Crippen molar-refractivity contribution in [1.29, 1.82) is 0 Å². The van der Waals surface area contributed by atoms with Gasteiger partial charge in [0.05, 0.1) is 0 Å². The predicted molar refractivity (Wildman–Crippen MR) is 218 cm³/mol. The fourth-order valence-corrected chi connectivity index (χ4v) is 4.90. The van der Waals surface area contributed by atoms with E-state index in [-0.39, 0.29) is 5.92 Å². The molecule has 0 bridgehead atoms. The van der Waals surface area contributed by atoms with E-state index in [0.29, 0.717) is 0 Å². The Labute approximate surface area is 294 Å². The highest BCUT2D eigenvalue weighted by atomic mass is 14.1. The summed E-state index contributed by atoms with van der Waals surface area (Å²) in [5, 5.41) is 0. The lowest BCUT2D eigenvalue weighted by atomic mass is 9.91. The fraction of sp³-hybridized carbons (Fsp3) is 0.489. The number of hydrogen-bond donors (Lipinski definition) is 0. The number of allylic oxidation sites excluding steroid dienone is 2. The molecular formula is C47H72. The van der Waals surface area contributed by atoms with E-state index in [4.69, 9.17) is 6.42 Å². The lowest BCUT2D eigenvalue weighted by Crippen LogP contribution is -1.99. The van der Waals surface area contributed by atoms with Crippen molar-refractivity contribution in [2.45, 2.75) is 147 Å². The topological polar surface area (TPSA) is 0 Å². The zero-order chi connectivity index (χ0) is 36.2. The third-order valence-corrected chi connectivity index (χ3v) is 8.08. The Morgan fingerprint density at radius 2 is 1.28 bits per heavy atom. The van der Waals surface area contributed by atoms with Crippen LogP contribution in [0.4, 0.5) is 0 Å². The molecule has 1 aliphatic carbocycles. The molecule has 0 aromatic heterocycles. The Kier molecular flexibility index (Phi) is 28.2. The minimum absolute atomic E-state index is 0.233. The molecule has 0 nitrogen and oxygen atoms in total. The van der Waals surface area contributed by atoms with E-state index in [1.807, 2.05) is 46.8 Å². The number of rotatable bonds is 6. The Morgan fingerprint density at radius 1 is 0.787 bits per heavy atom. The van der Waals surface area contributed by atoms with Gasteiger partial charge < -0.3 is 0 Å². The van der Waals surface area contributed by atoms with E-state index in [0.717, 1.165) is 30.8 Å². The molecule has 0 heteroatoms. The SMILES string of the molecule is C#CC(C)c1ccccc1C.C=C(C)CC.C=C(C)c1ccc(-c2ccc(CC)c(CC)c2)cc1.CC.CC1CCCCC1.CCC. The van der Waals surface area contributed by atoms with Crippen LogP contribution in [0.5, 0.6) is 0 Å². The van der Waals surface area contributed by atoms with Gasteiger partial charge in [-0.1, -0.05) is 184 Å². The molecule has 0 N–H and O–H groups in total. The van der Waals surface area contributed by atoms with Crippen molar-refractivity contribution in [2.75, 3.05) is 0 Å². The van der Waals surface area contributed by atoms with Crippen molar-refractivity contribution in [3.8, 4) is 23.5 Å². The van der Waals surface area contributed by atoms with Crippen molar-refractivity contribution >= 4 is 5.57 Å². The first-order valence-electron chi connectivity index (χ1n) is 18.5. The molecule has 1 saturated carbocycles. The summed E-state index contributed by atoms with van der Waals surface area (Å²) in [5.74, 6) is 3.99. The quantitative estimate of drug-likeness (QED) is 0.186. The minimum atomic E-state index is 0.233. The van der Waals surface area contributed by atoms with Crippen LogP contribution in [0.25, 0.3) is 16.7 Å². The van der Waals surface area contributed by atoms with E-state index < -0.39 is 0 Å². The molecule has 0 spiro atoms. The second-order valence-electron chi connectivity index (χ2n) is 12.6.